The molecule has 8 heteroatoms. The second kappa shape index (κ2) is 11.8. The lowest BCUT2D eigenvalue weighted by Gasteiger charge is -2.32. The first kappa shape index (κ1) is 27.4. The number of benzene rings is 2. The van der Waals surface area contributed by atoms with Gasteiger partial charge >= 0.3 is 0 Å². The molecule has 1 atom stereocenters. The van der Waals surface area contributed by atoms with Crippen molar-refractivity contribution in [3.63, 3.8) is 0 Å². The average molecular weight is 540 g/mol. The van der Waals surface area contributed by atoms with Crippen molar-refractivity contribution < 1.29 is 14.4 Å². The van der Waals surface area contributed by atoms with Gasteiger partial charge in [-0.3, -0.25) is 19.7 Å². The van der Waals surface area contributed by atoms with Crippen LogP contribution in [-0.4, -0.2) is 34.2 Å². The van der Waals surface area contributed by atoms with Crippen LogP contribution < -0.4 is 10.6 Å². The first-order chi connectivity index (χ1) is 17.8. The van der Waals surface area contributed by atoms with Gasteiger partial charge in [-0.15, -0.1) is 18.3 Å². The lowest BCUT2D eigenvalue weighted by Crippen LogP contribution is -2.52. The summed E-state index contributed by atoms with van der Waals surface area (Å²) in [4.78, 5) is 39.6. The number of nitrogens with zero attached hydrogens (tertiary/aromatic N) is 1. The number of nitrogens with one attached hydrogen (secondary N) is 2. The fourth-order valence-corrected chi connectivity index (χ4v) is 6.39. The summed E-state index contributed by atoms with van der Waals surface area (Å²) in [5.41, 5.74) is 3.77. The average Bonchev–Trinajstić information content (AvgIpc) is 3.23. The first-order valence-electron chi connectivity index (χ1n) is 12.8. The van der Waals surface area contributed by atoms with E-state index < -0.39 is 11.9 Å². The molecule has 4 rings (SSSR count). The Hall–Kier alpha value is -2.61. The van der Waals surface area contributed by atoms with E-state index in [4.69, 9.17) is 11.6 Å². The topological polar surface area (TPSA) is 78.5 Å². The highest BCUT2D eigenvalue weighted by Gasteiger charge is 2.39. The zero-order valence-electron chi connectivity index (χ0n) is 21.4. The molecule has 0 radical (unpaired) electrons. The number of rotatable bonds is 11. The summed E-state index contributed by atoms with van der Waals surface area (Å²) >= 11 is 8.32. The minimum atomic E-state index is -0.610. The van der Waals surface area contributed by atoms with Crippen LogP contribution in [0.15, 0.2) is 53.9 Å². The van der Waals surface area contributed by atoms with Crippen molar-refractivity contribution in [1.82, 2.24) is 15.5 Å². The number of hydrogen-bond acceptors (Lipinski definition) is 5. The predicted molar refractivity (Wildman–Crippen MR) is 148 cm³/mol. The SMILES string of the molecule is C=CCC(CC)(CC)NCc1ccc(CSc2cccc3c2CN(C2CCC(=O)NC2=O)C3=O)cc1Cl. The number of thioether (sulfide) groups is 1. The zero-order chi connectivity index (χ0) is 26.6. The molecule has 6 nitrogen and oxygen atoms in total. The molecule has 2 aromatic rings. The van der Waals surface area contributed by atoms with Crippen molar-refractivity contribution in [3.8, 4) is 0 Å². The van der Waals surface area contributed by atoms with E-state index >= 15 is 0 Å². The van der Waals surface area contributed by atoms with E-state index in [-0.39, 0.29) is 23.8 Å². The van der Waals surface area contributed by atoms with Crippen LogP contribution in [0.4, 0.5) is 0 Å². The maximum atomic E-state index is 13.1. The van der Waals surface area contributed by atoms with Gasteiger partial charge in [0.15, 0.2) is 0 Å². The van der Waals surface area contributed by atoms with Gasteiger partial charge in [0.1, 0.15) is 6.04 Å². The highest BCUT2D eigenvalue weighted by Crippen LogP contribution is 2.36. The molecule has 196 valence electrons. The van der Waals surface area contributed by atoms with E-state index in [0.29, 0.717) is 30.8 Å². The molecule has 0 aromatic heterocycles. The van der Waals surface area contributed by atoms with E-state index in [1.54, 1.807) is 16.7 Å². The van der Waals surface area contributed by atoms with Gasteiger partial charge in [0.05, 0.1) is 0 Å². The zero-order valence-corrected chi connectivity index (χ0v) is 23.0. The highest BCUT2D eigenvalue weighted by molar-refractivity contribution is 7.98. The van der Waals surface area contributed by atoms with Gasteiger partial charge in [0.2, 0.25) is 11.8 Å². The molecule has 0 bridgehead atoms. The predicted octanol–water partition coefficient (Wildman–Crippen LogP) is 5.62. The molecule has 0 aliphatic carbocycles. The van der Waals surface area contributed by atoms with Crippen LogP contribution in [0.5, 0.6) is 0 Å². The number of piperidine rings is 1. The van der Waals surface area contributed by atoms with Gasteiger partial charge < -0.3 is 10.2 Å². The Morgan fingerprint density at radius 2 is 2.00 bits per heavy atom. The summed E-state index contributed by atoms with van der Waals surface area (Å²) in [6, 6.07) is 11.3. The molecule has 2 aliphatic heterocycles. The second-order valence-electron chi connectivity index (χ2n) is 9.73. The molecular weight excluding hydrogens is 506 g/mol. The lowest BCUT2D eigenvalue weighted by atomic mass is 9.88. The standard InChI is InChI=1S/C29H34ClN3O3S/c1-4-14-29(5-2,6-3)31-16-20-11-10-19(15-23(20)30)18-37-25-9-7-8-21-22(25)17-33(28(21)36)24-12-13-26(34)32-27(24)35/h4,7-11,15,24,31H,1,5-6,12-14,16-18H2,2-3H3,(H,32,34,35). The Bertz CT molecular complexity index is 1210. The quantitative estimate of drug-likeness (QED) is 0.220. The van der Waals surface area contributed by atoms with Crippen LogP contribution in [-0.2, 0) is 28.4 Å². The molecule has 37 heavy (non-hydrogen) atoms. The summed E-state index contributed by atoms with van der Waals surface area (Å²) in [7, 11) is 0. The van der Waals surface area contributed by atoms with Gasteiger partial charge in [0, 0.05) is 46.3 Å². The van der Waals surface area contributed by atoms with Crippen molar-refractivity contribution in [1.29, 1.82) is 0 Å². The molecule has 3 amide bonds. The summed E-state index contributed by atoms with van der Waals surface area (Å²) in [6.45, 7) is 9.37. The summed E-state index contributed by atoms with van der Waals surface area (Å²) in [5, 5.41) is 6.79. The summed E-state index contributed by atoms with van der Waals surface area (Å²) in [5.74, 6) is -0.122. The van der Waals surface area contributed by atoms with Crippen molar-refractivity contribution >= 4 is 41.1 Å². The molecule has 2 N–H and O–H groups in total. The van der Waals surface area contributed by atoms with E-state index in [2.05, 4.69) is 43.2 Å². The number of hydrogen-bond donors (Lipinski definition) is 2. The van der Waals surface area contributed by atoms with E-state index in [0.717, 1.165) is 45.9 Å². The summed E-state index contributed by atoms with van der Waals surface area (Å²) in [6.07, 6.45) is 5.53. The Morgan fingerprint density at radius 3 is 2.68 bits per heavy atom. The smallest absolute Gasteiger partial charge is 0.255 e. The number of fused-ring (bicyclic) bond motifs is 1. The van der Waals surface area contributed by atoms with E-state index in [1.165, 1.54) is 0 Å². The monoisotopic (exact) mass is 539 g/mol. The third kappa shape index (κ3) is 5.95. The molecule has 2 aromatic carbocycles. The second-order valence-corrected chi connectivity index (χ2v) is 11.2. The normalized spacial score (nSPS) is 17.6. The molecule has 1 fully saturated rings. The summed E-state index contributed by atoms with van der Waals surface area (Å²) < 4.78 is 0. The molecule has 2 heterocycles. The van der Waals surface area contributed by atoms with Crippen LogP contribution in [0, 0.1) is 0 Å². The van der Waals surface area contributed by atoms with Crippen molar-refractivity contribution in [2.45, 2.75) is 81.3 Å². The Kier molecular flexibility index (Phi) is 8.78. The molecular formula is C29H34ClN3O3S. The van der Waals surface area contributed by atoms with Crippen molar-refractivity contribution in [2.75, 3.05) is 0 Å². The van der Waals surface area contributed by atoms with Crippen LogP contribution >= 0.6 is 23.4 Å². The first-order valence-corrected chi connectivity index (χ1v) is 14.2. The molecule has 0 spiro atoms. The molecule has 1 saturated heterocycles. The lowest BCUT2D eigenvalue weighted by molar-refractivity contribution is -0.136. The van der Waals surface area contributed by atoms with E-state index in [1.807, 2.05) is 30.3 Å². The highest BCUT2D eigenvalue weighted by atomic mass is 35.5. The minimum absolute atomic E-state index is 0.0342. The third-order valence-corrected chi connectivity index (χ3v) is 9.12. The Balaban J connectivity index is 1.42. The fraction of sp³-hybridized carbons (Fsp3) is 0.414. The minimum Gasteiger partial charge on any atom is -0.322 e. The van der Waals surface area contributed by atoms with Crippen molar-refractivity contribution in [3.05, 3.63) is 76.3 Å². The largest absolute Gasteiger partial charge is 0.322 e. The number of carbonyl (C=O) groups excluding carboxylic acids is 3. The number of carbonyl (C=O) groups is 3. The Labute approximate surface area is 228 Å². The molecule has 2 aliphatic rings. The van der Waals surface area contributed by atoms with Crippen molar-refractivity contribution in [2.24, 2.45) is 0 Å². The van der Waals surface area contributed by atoms with E-state index in [9.17, 15) is 14.4 Å². The molecule has 0 saturated carbocycles. The molecule has 1 unspecified atom stereocenters. The van der Waals surface area contributed by atoms with Crippen LogP contribution in [0.3, 0.4) is 0 Å². The third-order valence-electron chi connectivity index (χ3n) is 7.59. The fourth-order valence-electron chi connectivity index (χ4n) is 5.10. The van der Waals surface area contributed by atoms with Gasteiger partial charge in [-0.05, 0) is 60.6 Å². The van der Waals surface area contributed by atoms with Crippen LogP contribution in [0.1, 0.15) is 73.0 Å². The van der Waals surface area contributed by atoms with Crippen LogP contribution in [0.25, 0.3) is 0 Å². The van der Waals surface area contributed by atoms with Crippen LogP contribution in [0.2, 0.25) is 5.02 Å². The number of halogens is 1. The Morgan fingerprint density at radius 1 is 1.22 bits per heavy atom. The maximum Gasteiger partial charge on any atom is 0.255 e. The van der Waals surface area contributed by atoms with Gasteiger partial charge in [0.25, 0.3) is 5.91 Å². The maximum absolute atomic E-state index is 13.1. The van der Waals surface area contributed by atoms with Gasteiger partial charge in [-0.1, -0.05) is 49.7 Å². The van der Waals surface area contributed by atoms with Gasteiger partial charge in [-0.25, -0.2) is 0 Å². The number of amides is 3. The number of imide groups is 1. The van der Waals surface area contributed by atoms with Gasteiger partial charge in [-0.2, -0.15) is 0 Å².